The molecule has 0 bridgehead atoms. The van der Waals surface area contributed by atoms with Crippen molar-refractivity contribution in [2.45, 2.75) is 32.7 Å². The maximum atomic E-state index is 7.96. The van der Waals surface area contributed by atoms with Crippen molar-refractivity contribution >= 4 is 17.6 Å². The van der Waals surface area contributed by atoms with Crippen LogP contribution < -0.4 is 20.9 Å². The summed E-state index contributed by atoms with van der Waals surface area (Å²) in [4.78, 5) is 19.2. The summed E-state index contributed by atoms with van der Waals surface area (Å²) in [6.45, 7) is 15.9. The van der Waals surface area contributed by atoms with E-state index in [0.29, 0.717) is 17.7 Å². The molecule has 4 heterocycles. The van der Waals surface area contributed by atoms with Crippen LogP contribution in [0.15, 0.2) is 6.07 Å². The number of nitrogens with two attached hydrogens (primary N) is 1. The first kappa shape index (κ1) is 28.8. The number of aromatic nitrogens is 2. The van der Waals surface area contributed by atoms with Crippen LogP contribution in [-0.4, -0.2) is 117 Å². The number of hydrogen-bond acceptors (Lipinski definition) is 9. The third-order valence-corrected chi connectivity index (χ3v) is 6.59. The Morgan fingerprint density at radius 3 is 2.34 bits per heavy atom. The molecule has 3 fully saturated rings. The highest BCUT2D eigenvalue weighted by molar-refractivity contribution is 5.94. The summed E-state index contributed by atoms with van der Waals surface area (Å²) >= 11 is 0. The second kappa shape index (κ2) is 15.5. The number of ether oxygens (including phenoxy) is 1. The van der Waals surface area contributed by atoms with Gasteiger partial charge in [0.05, 0.1) is 0 Å². The van der Waals surface area contributed by atoms with Gasteiger partial charge in [-0.1, -0.05) is 13.8 Å². The van der Waals surface area contributed by atoms with Crippen molar-refractivity contribution in [3.8, 4) is 12.8 Å². The van der Waals surface area contributed by atoms with Crippen LogP contribution in [0.5, 0.6) is 0 Å². The number of hydrogen-bond donors (Lipinski definition) is 3. The van der Waals surface area contributed by atoms with E-state index in [-0.39, 0.29) is 5.84 Å². The van der Waals surface area contributed by atoms with E-state index in [9.17, 15) is 0 Å². The topological polar surface area (TPSA) is 110 Å². The number of methoxy groups -OCH3 is 1. The summed E-state index contributed by atoms with van der Waals surface area (Å²) < 4.78 is 5.19. The largest absolute Gasteiger partial charge is 0.385 e. The summed E-state index contributed by atoms with van der Waals surface area (Å²) in [6, 6.07) is 2.56. The van der Waals surface area contributed by atoms with E-state index in [0.717, 1.165) is 97.3 Å². The molecule has 4 rings (SSSR count). The van der Waals surface area contributed by atoms with E-state index < -0.39 is 0 Å². The number of amidine groups is 1. The number of nitrogen functional groups attached to an aromatic ring is 1. The Balaban J connectivity index is 0.00000103. The van der Waals surface area contributed by atoms with Crippen molar-refractivity contribution < 1.29 is 4.74 Å². The quantitative estimate of drug-likeness (QED) is 0.211. The minimum absolute atomic E-state index is 0.0000856. The Kier molecular flexibility index (Phi) is 12.8. The highest BCUT2D eigenvalue weighted by Crippen LogP contribution is 2.21. The Morgan fingerprint density at radius 2 is 1.74 bits per heavy atom. The fraction of sp³-hybridized carbons (Fsp3) is 0.720. The Bertz CT molecular complexity index is 775. The number of anilines is 2. The summed E-state index contributed by atoms with van der Waals surface area (Å²) in [7, 11) is 1.76. The van der Waals surface area contributed by atoms with Crippen molar-refractivity contribution in [2.24, 2.45) is 5.73 Å². The zero-order chi connectivity index (χ0) is 25.6. The van der Waals surface area contributed by atoms with Crippen molar-refractivity contribution in [3.05, 3.63) is 11.8 Å². The van der Waals surface area contributed by atoms with Crippen LogP contribution in [0.25, 0.3) is 0 Å². The van der Waals surface area contributed by atoms with Crippen LogP contribution in [-0.2, 0) is 4.74 Å². The summed E-state index contributed by atoms with van der Waals surface area (Å²) in [5.74, 6) is 1.59. The third-order valence-electron chi connectivity index (χ3n) is 6.59. The van der Waals surface area contributed by atoms with E-state index in [1.807, 2.05) is 19.9 Å². The van der Waals surface area contributed by atoms with E-state index in [1.165, 1.54) is 0 Å². The standard InChI is InChI=1S/C21H37N9O.C2H6.C2H2/c1-31-13-3-5-27-4-2-6-30(8-7-27)21-25-18(20(22)23)14-19(26-21)29-11-9-28(10-12-29)17-15-24-16-17;2*1-2/h14,17,24H,2-13,15-16H2,1H3,(H3,22,23);1-2H3;1-2H. The third kappa shape index (κ3) is 8.32. The second-order valence-electron chi connectivity index (χ2n) is 8.69. The van der Waals surface area contributed by atoms with Gasteiger partial charge in [0, 0.05) is 91.3 Å². The van der Waals surface area contributed by atoms with Gasteiger partial charge in [-0.3, -0.25) is 10.3 Å². The Morgan fingerprint density at radius 1 is 1.06 bits per heavy atom. The van der Waals surface area contributed by atoms with Crippen LogP contribution in [0.3, 0.4) is 0 Å². The molecule has 10 heteroatoms. The first-order valence-electron chi connectivity index (χ1n) is 12.9. The summed E-state index contributed by atoms with van der Waals surface area (Å²) in [5.41, 5.74) is 6.36. The Labute approximate surface area is 211 Å². The van der Waals surface area contributed by atoms with Crippen molar-refractivity contribution in [2.75, 3.05) is 95.5 Å². The number of rotatable bonds is 8. The van der Waals surface area contributed by atoms with E-state index in [2.05, 4.69) is 42.7 Å². The molecule has 0 saturated carbocycles. The molecule has 3 saturated heterocycles. The molecule has 0 aromatic carbocycles. The molecule has 0 radical (unpaired) electrons. The van der Waals surface area contributed by atoms with Gasteiger partial charge in [0.1, 0.15) is 17.3 Å². The maximum absolute atomic E-state index is 7.96. The van der Waals surface area contributed by atoms with Gasteiger partial charge >= 0.3 is 0 Å². The highest BCUT2D eigenvalue weighted by Gasteiger charge is 2.29. The molecule has 0 aliphatic carbocycles. The molecule has 0 amide bonds. The maximum Gasteiger partial charge on any atom is 0.228 e. The molecular formula is C25H45N9O. The number of piperazine rings is 1. The van der Waals surface area contributed by atoms with Gasteiger partial charge in [-0.15, -0.1) is 12.8 Å². The lowest BCUT2D eigenvalue weighted by Gasteiger charge is -2.43. The first-order chi connectivity index (χ1) is 17.1. The lowest BCUT2D eigenvalue weighted by Crippen LogP contribution is -2.61. The second-order valence-corrected chi connectivity index (χ2v) is 8.69. The average molecular weight is 488 g/mol. The monoisotopic (exact) mass is 487 g/mol. The van der Waals surface area contributed by atoms with Gasteiger partial charge in [0.2, 0.25) is 5.95 Å². The summed E-state index contributed by atoms with van der Waals surface area (Å²) in [5, 5.41) is 11.3. The lowest BCUT2D eigenvalue weighted by molar-refractivity contribution is 0.137. The molecule has 196 valence electrons. The molecule has 0 spiro atoms. The van der Waals surface area contributed by atoms with Gasteiger partial charge in [-0.25, -0.2) is 4.98 Å². The highest BCUT2D eigenvalue weighted by atomic mass is 16.5. The number of terminal acetylenes is 1. The van der Waals surface area contributed by atoms with Gasteiger partial charge < -0.3 is 30.5 Å². The fourth-order valence-corrected chi connectivity index (χ4v) is 4.54. The average Bonchev–Trinajstić information content (AvgIpc) is 3.12. The van der Waals surface area contributed by atoms with Gasteiger partial charge in [0.15, 0.2) is 0 Å². The fourth-order valence-electron chi connectivity index (χ4n) is 4.54. The van der Waals surface area contributed by atoms with E-state index in [4.69, 9.17) is 20.9 Å². The van der Waals surface area contributed by atoms with E-state index in [1.54, 1.807) is 7.11 Å². The molecule has 4 N–H and O–H groups in total. The van der Waals surface area contributed by atoms with Crippen LogP contribution >= 0.6 is 0 Å². The van der Waals surface area contributed by atoms with Gasteiger partial charge in [-0.2, -0.15) is 4.98 Å². The van der Waals surface area contributed by atoms with Crippen LogP contribution in [0.2, 0.25) is 0 Å². The van der Waals surface area contributed by atoms with Crippen LogP contribution in [0.4, 0.5) is 11.8 Å². The molecule has 3 aliphatic rings. The molecule has 3 aliphatic heterocycles. The Hall–Kier alpha value is -2.45. The van der Waals surface area contributed by atoms with Crippen LogP contribution in [0, 0.1) is 18.3 Å². The molecule has 10 nitrogen and oxygen atoms in total. The SMILES string of the molecule is C#C.CC.COCCCN1CCCN(c2nc(C(=N)N)cc(N3CCN(C4CNC4)CC3)n2)CC1. The minimum atomic E-state index is 0.0000856. The first-order valence-corrected chi connectivity index (χ1v) is 12.9. The minimum Gasteiger partial charge on any atom is -0.385 e. The van der Waals surface area contributed by atoms with Crippen molar-refractivity contribution in [1.82, 2.24) is 25.1 Å². The zero-order valence-corrected chi connectivity index (χ0v) is 21.9. The normalized spacial score (nSPS) is 19.5. The smallest absolute Gasteiger partial charge is 0.228 e. The van der Waals surface area contributed by atoms with Crippen molar-refractivity contribution in [3.63, 3.8) is 0 Å². The van der Waals surface area contributed by atoms with E-state index >= 15 is 0 Å². The molecule has 35 heavy (non-hydrogen) atoms. The molecule has 1 aromatic heterocycles. The number of nitrogens with zero attached hydrogens (tertiary/aromatic N) is 6. The van der Waals surface area contributed by atoms with Crippen molar-refractivity contribution in [1.29, 1.82) is 5.41 Å². The molecular weight excluding hydrogens is 442 g/mol. The predicted octanol–water partition coefficient (Wildman–Crippen LogP) is 0.679. The van der Waals surface area contributed by atoms with Gasteiger partial charge in [-0.05, 0) is 19.4 Å². The molecule has 1 aromatic rings. The zero-order valence-electron chi connectivity index (χ0n) is 21.9. The summed E-state index contributed by atoms with van der Waals surface area (Å²) in [6.07, 6.45) is 10.1. The number of nitrogens with one attached hydrogen (secondary N) is 2. The molecule has 0 atom stereocenters. The van der Waals surface area contributed by atoms with Crippen LogP contribution in [0.1, 0.15) is 32.4 Å². The van der Waals surface area contributed by atoms with Gasteiger partial charge in [0.25, 0.3) is 0 Å². The lowest BCUT2D eigenvalue weighted by atomic mass is 10.1. The molecule has 0 unspecified atom stereocenters. The predicted molar refractivity (Wildman–Crippen MR) is 144 cm³/mol.